The minimum atomic E-state index is -3.14. The lowest BCUT2D eigenvalue weighted by Crippen LogP contribution is -2.47. The van der Waals surface area contributed by atoms with Crippen LogP contribution in [0.5, 0.6) is 0 Å². The number of rotatable bonds is 6. The minimum absolute atomic E-state index is 0.523. The molecule has 5 rings (SSSR count). The molecule has 3 aromatic rings. The largest absolute Gasteiger partial charge is 0.378 e. The Morgan fingerprint density at radius 1 is 1.03 bits per heavy atom. The van der Waals surface area contributed by atoms with Gasteiger partial charge < -0.3 is 14.5 Å². The zero-order chi connectivity index (χ0) is 24.6. The van der Waals surface area contributed by atoms with E-state index < -0.39 is 10.0 Å². The molecule has 0 unspecified atom stereocenters. The number of sulfonamides is 1. The summed E-state index contributed by atoms with van der Waals surface area (Å²) < 4.78 is 30.8. The van der Waals surface area contributed by atoms with Gasteiger partial charge in [0.2, 0.25) is 16.0 Å². The van der Waals surface area contributed by atoms with Crippen molar-refractivity contribution >= 4 is 43.3 Å². The molecule has 5 heterocycles. The first-order valence-corrected chi connectivity index (χ1v) is 14.2. The number of ether oxygens (including phenoxy) is 1. The summed E-state index contributed by atoms with van der Waals surface area (Å²) in [4.78, 5) is 27.2. The highest BCUT2D eigenvalue weighted by atomic mass is 32.2. The van der Waals surface area contributed by atoms with Crippen LogP contribution in [-0.4, -0.2) is 110 Å². The molecule has 0 spiro atoms. The van der Waals surface area contributed by atoms with Crippen LogP contribution in [0.3, 0.4) is 0 Å². The zero-order valence-electron chi connectivity index (χ0n) is 20.2. The molecule has 0 bridgehead atoms. The Balaban J connectivity index is 1.44. The van der Waals surface area contributed by atoms with Crippen LogP contribution in [0, 0.1) is 0 Å². The molecule has 13 heteroatoms. The van der Waals surface area contributed by atoms with Gasteiger partial charge in [0.25, 0.3) is 0 Å². The van der Waals surface area contributed by atoms with Crippen molar-refractivity contribution in [1.29, 1.82) is 0 Å². The van der Waals surface area contributed by atoms with E-state index in [9.17, 15) is 8.42 Å². The number of thiophene rings is 1. The average Bonchev–Trinajstić information content (AvgIpc) is 3.26. The first-order chi connectivity index (χ1) is 16.8. The lowest BCUT2D eigenvalue weighted by molar-refractivity contribution is 0.122. The highest BCUT2D eigenvalue weighted by Crippen LogP contribution is 2.34. The molecule has 2 saturated heterocycles. The minimum Gasteiger partial charge on any atom is -0.378 e. The molecule has 2 aliphatic heterocycles. The fourth-order valence-corrected chi connectivity index (χ4v) is 6.18. The molecule has 11 nitrogen and oxygen atoms in total. The molecule has 0 atom stereocenters. The Hall–Kier alpha value is -2.45. The van der Waals surface area contributed by atoms with Crippen LogP contribution in [-0.2, 0) is 21.3 Å². The van der Waals surface area contributed by atoms with Crippen LogP contribution in [0.2, 0.25) is 0 Å². The number of piperazine rings is 1. The molecule has 3 aromatic heterocycles. The monoisotopic (exact) mass is 518 g/mol. The molecule has 0 amide bonds. The van der Waals surface area contributed by atoms with E-state index in [0.717, 1.165) is 41.2 Å². The summed E-state index contributed by atoms with van der Waals surface area (Å²) in [5.74, 6) is 2.16. The van der Waals surface area contributed by atoms with Crippen LogP contribution in [0.15, 0.2) is 18.5 Å². The molecule has 0 aromatic carbocycles. The van der Waals surface area contributed by atoms with Crippen LogP contribution in [0.25, 0.3) is 21.6 Å². The van der Waals surface area contributed by atoms with Crippen molar-refractivity contribution < 1.29 is 13.2 Å². The molecule has 0 saturated carbocycles. The molecule has 35 heavy (non-hydrogen) atoms. The van der Waals surface area contributed by atoms with Crippen LogP contribution < -0.4 is 9.80 Å². The second kappa shape index (κ2) is 9.90. The average molecular weight is 519 g/mol. The Bertz CT molecular complexity index is 1280. The van der Waals surface area contributed by atoms with Gasteiger partial charge in [-0.05, 0) is 6.07 Å². The number of hydrogen-bond acceptors (Lipinski definition) is 11. The van der Waals surface area contributed by atoms with Gasteiger partial charge in [-0.3, -0.25) is 4.90 Å². The van der Waals surface area contributed by atoms with Gasteiger partial charge >= 0.3 is 0 Å². The van der Waals surface area contributed by atoms with Crippen LogP contribution >= 0.6 is 11.3 Å². The summed E-state index contributed by atoms with van der Waals surface area (Å²) in [6.07, 6.45) is 4.81. The van der Waals surface area contributed by atoms with Gasteiger partial charge in [-0.2, -0.15) is 4.31 Å². The third kappa shape index (κ3) is 5.38. The predicted octanol–water partition coefficient (Wildman–Crippen LogP) is 1.13. The standard InChI is InChI=1S/C22H30N8O3S2/c1-27(2)22-23-13-16(14-24-22)19-25-20(29-8-10-33-11-9-29)18-12-17(34-21(18)26-19)15-28-4-6-30(7-5-28)35(3,31)32/h12-14H,4-11,15H2,1-3H3. The maximum atomic E-state index is 11.8. The fraction of sp³-hybridized carbons (Fsp3) is 0.545. The van der Waals surface area contributed by atoms with Crippen LogP contribution in [0.1, 0.15) is 4.88 Å². The van der Waals surface area contributed by atoms with E-state index in [-0.39, 0.29) is 0 Å². The van der Waals surface area contributed by atoms with E-state index in [1.807, 2.05) is 19.0 Å². The molecular formula is C22H30N8O3S2. The van der Waals surface area contributed by atoms with Gasteiger partial charge in [0.1, 0.15) is 10.6 Å². The lowest BCUT2D eigenvalue weighted by atomic mass is 10.2. The third-order valence-corrected chi connectivity index (χ3v) is 8.53. The maximum Gasteiger partial charge on any atom is 0.224 e. The number of hydrogen-bond donors (Lipinski definition) is 0. The van der Waals surface area contributed by atoms with Gasteiger partial charge in [0.05, 0.1) is 30.4 Å². The smallest absolute Gasteiger partial charge is 0.224 e. The van der Waals surface area contributed by atoms with Gasteiger partial charge in [-0.1, -0.05) is 0 Å². The SMILES string of the molecule is CN(C)c1ncc(-c2nc(N3CCOCC3)c3cc(CN4CCN(S(C)(=O)=O)CC4)sc3n2)cn1. The Morgan fingerprint density at radius 3 is 2.34 bits per heavy atom. The van der Waals surface area contributed by atoms with Crippen molar-refractivity contribution in [2.45, 2.75) is 6.54 Å². The van der Waals surface area contributed by atoms with Gasteiger partial charge in [0.15, 0.2) is 5.82 Å². The van der Waals surface area contributed by atoms with E-state index in [2.05, 4.69) is 25.8 Å². The van der Waals surface area contributed by atoms with Gasteiger partial charge in [-0.15, -0.1) is 11.3 Å². The van der Waals surface area contributed by atoms with E-state index in [0.29, 0.717) is 51.2 Å². The second-order valence-electron chi connectivity index (χ2n) is 9.01. The summed E-state index contributed by atoms with van der Waals surface area (Å²) in [5.41, 5.74) is 0.777. The third-order valence-electron chi connectivity index (χ3n) is 6.21. The highest BCUT2D eigenvalue weighted by Gasteiger charge is 2.25. The van der Waals surface area contributed by atoms with Crippen molar-refractivity contribution in [3.05, 3.63) is 23.3 Å². The summed E-state index contributed by atoms with van der Waals surface area (Å²) in [6, 6.07) is 2.18. The van der Waals surface area contributed by atoms with E-state index in [1.54, 1.807) is 28.0 Å². The number of fused-ring (bicyclic) bond motifs is 1. The fourth-order valence-electron chi connectivity index (χ4n) is 4.29. The molecule has 188 valence electrons. The maximum absolute atomic E-state index is 11.8. The Morgan fingerprint density at radius 2 is 1.71 bits per heavy atom. The van der Waals surface area contributed by atoms with Crippen molar-refractivity contribution in [3.8, 4) is 11.4 Å². The number of nitrogens with zero attached hydrogens (tertiary/aromatic N) is 8. The van der Waals surface area contributed by atoms with Gasteiger partial charge in [0, 0.05) is 77.2 Å². The van der Waals surface area contributed by atoms with Crippen molar-refractivity contribution in [2.24, 2.45) is 0 Å². The predicted molar refractivity (Wildman–Crippen MR) is 137 cm³/mol. The normalized spacial score (nSPS) is 18.3. The molecule has 2 aliphatic rings. The molecule has 0 aliphatic carbocycles. The van der Waals surface area contributed by atoms with E-state index in [1.165, 1.54) is 11.1 Å². The summed E-state index contributed by atoms with van der Waals surface area (Å²) in [7, 11) is 0.673. The zero-order valence-corrected chi connectivity index (χ0v) is 21.8. The summed E-state index contributed by atoms with van der Waals surface area (Å²) in [6.45, 7) is 6.13. The topological polar surface area (TPSA) is 108 Å². The first-order valence-electron chi connectivity index (χ1n) is 11.6. The van der Waals surface area contributed by atoms with E-state index in [4.69, 9.17) is 14.7 Å². The highest BCUT2D eigenvalue weighted by molar-refractivity contribution is 7.88. The number of aromatic nitrogens is 4. The first kappa shape index (κ1) is 24.3. The molecule has 0 N–H and O–H groups in total. The molecular weight excluding hydrogens is 488 g/mol. The van der Waals surface area contributed by atoms with E-state index >= 15 is 0 Å². The molecule has 2 fully saturated rings. The van der Waals surface area contributed by atoms with Crippen molar-refractivity contribution in [2.75, 3.05) is 82.6 Å². The van der Waals surface area contributed by atoms with Crippen LogP contribution in [0.4, 0.5) is 11.8 Å². The Labute approximate surface area is 209 Å². The van der Waals surface area contributed by atoms with Gasteiger partial charge in [-0.25, -0.2) is 28.4 Å². The second-order valence-corrected chi connectivity index (χ2v) is 12.1. The molecule has 0 radical (unpaired) electrons. The number of morpholine rings is 1. The van der Waals surface area contributed by atoms with Crippen molar-refractivity contribution in [1.82, 2.24) is 29.1 Å². The Kier molecular flexibility index (Phi) is 6.86. The number of anilines is 2. The quantitative estimate of drug-likeness (QED) is 0.471. The lowest BCUT2D eigenvalue weighted by Gasteiger charge is -2.32. The summed E-state index contributed by atoms with van der Waals surface area (Å²) >= 11 is 1.66. The van der Waals surface area contributed by atoms with Crippen molar-refractivity contribution in [3.63, 3.8) is 0 Å². The summed E-state index contributed by atoms with van der Waals surface area (Å²) in [5, 5.41) is 1.04.